The van der Waals surface area contributed by atoms with Crippen LogP contribution in [0.3, 0.4) is 0 Å². The number of aryl methyl sites for hydroxylation is 1. The van der Waals surface area contributed by atoms with Crippen LogP contribution >= 0.6 is 15.9 Å². The molecule has 114 valence electrons. The van der Waals surface area contributed by atoms with Gasteiger partial charge in [0.15, 0.2) is 0 Å². The molecule has 0 unspecified atom stereocenters. The Kier molecular flexibility index (Phi) is 5.39. The second-order valence-corrected chi connectivity index (χ2v) is 6.22. The van der Waals surface area contributed by atoms with Crippen LogP contribution in [0.4, 0.5) is 0 Å². The van der Waals surface area contributed by atoms with Crippen LogP contribution in [0.2, 0.25) is 0 Å². The van der Waals surface area contributed by atoms with Crippen LogP contribution in [-0.4, -0.2) is 36.5 Å². The highest BCUT2D eigenvalue weighted by molar-refractivity contribution is 9.10. The molecule has 4 nitrogen and oxygen atoms in total. The molecular weight excluding hydrogens is 334 g/mol. The molecule has 21 heavy (non-hydrogen) atoms. The molecule has 5 heteroatoms. The first kappa shape index (κ1) is 16.0. The molecule has 0 spiro atoms. The summed E-state index contributed by atoms with van der Waals surface area (Å²) in [4.78, 5) is 26.3. The van der Waals surface area contributed by atoms with Crippen LogP contribution in [0.15, 0.2) is 22.7 Å². The number of piperidine rings is 1. The molecule has 1 aliphatic rings. The zero-order valence-corrected chi connectivity index (χ0v) is 14.0. The number of hydrogen-bond acceptors (Lipinski definition) is 3. The number of halogens is 1. The molecule has 0 N–H and O–H groups in total. The molecule has 1 aromatic rings. The summed E-state index contributed by atoms with van der Waals surface area (Å²) in [5.74, 6) is -0.404. The summed E-state index contributed by atoms with van der Waals surface area (Å²) >= 11 is 3.40. The van der Waals surface area contributed by atoms with Gasteiger partial charge in [0.25, 0.3) is 5.91 Å². The van der Waals surface area contributed by atoms with Gasteiger partial charge in [-0.2, -0.15) is 0 Å². The number of rotatable bonds is 3. The lowest BCUT2D eigenvalue weighted by molar-refractivity contribution is -0.149. The van der Waals surface area contributed by atoms with E-state index in [0.29, 0.717) is 25.3 Å². The van der Waals surface area contributed by atoms with E-state index in [4.69, 9.17) is 4.74 Å². The number of carbonyl (C=O) groups is 2. The highest BCUT2D eigenvalue weighted by Gasteiger charge is 2.30. The third-order valence-corrected chi connectivity index (χ3v) is 4.25. The smallest absolute Gasteiger partial charge is 0.310 e. The van der Waals surface area contributed by atoms with Crippen molar-refractivity contribution in [1.82, 2.24) is 4.90 Å². The van der Waals surface area contributed by atoms with Gasteiger partial charge >= 0.3 is 5.97 Å². The van der Waals surface area contributed by atoms with E-state index in [2.05, 4.69) is 15.9 Å². The minimum Gasteiger partial charge on any atom is -0.466 e. The van der Waals surface area contributed by atoms with Crippen molar-refractivity contribution < 1.29 is 14.3 Å². The molecule has 1 saturated heterocycles. The van der Waals surface area contributed by atoms with Crippen LogP contribution in [0.25, 0.3) is 0 Å². The Balaban J connectivity index is 2.12. The quantitative estimate of drug-likeness (QED) is 0.784. The maximum atomic E-state index is 12.7. The van der Waals surface area contributed by atoms with Crippen LogP contribution < -0.4 is 0 Å². The van der Waals surface area contributed by atoms with Gasteiger partial charge in [0.2, 0.25) is 0 Å². The predicted molar refractivity (Wildman–Crippen MR) is 84.1 cm³/mol. The van der Waals surface area contributed by atoms with Crippen LogP contribution in [0.1, 0.15) is 35.7 Å². The number of carbonyl (C=O) groups excluding carboxylic acids is 2. The summed E-state index contributed by atoms with van der Waals surface area (Å²) < 4.78 is 5.96. The molecule has 0 radical (unpaired) electrons. The summed E-state index contributed by atoms with van der Waals surface area (Å²) in [6, 6.07) is 5.68. The van der Waals surface area contributed by atoms with Crippen molar-refractivity contribution in [2.24, 2.45) is 5.92 Å². The summed E-state index contributed by atoms with van der Waals surface area (Å²) in [6.45, 7) is 5.25. The fraction of sp³-hybridized carbons (Fsp3) is 0.500. The molecule has 1 aliphatic heterocycles. The Morgan fingerprint density at radius 3 is 2.90 bits per heavy atom. The number of benzene rings is 1. The molecular formula is C16H20BrNO3. The summed E-state index contributed by atoms with van der Waals surface area (Å²) in [7, 11) is 0. The van der Waals surface area contributed by atoms with Gasteiger partial charge in [-0.1, -0.05) is 22.0 Å². The lowest BCUT2D eigenvalue weighted by Crippen LogP contribution is -2.43. The average Bonchev–Trinajstić information content (AvgIpc) is 2.49. The number of amides is 1. The predicted octanol–water partition coefficient (Wildman–Crippen LogP) is 3.17. The number of ether oxygens (including phenoxy) is 1. The Hall–Kier alpha value is -1.36. The van der Waals surface area contributed by atoms with E-state index >= 15 is 0 Å². The van der Waals surface area contributed by atoms with E-state index < -0.39 is 0 Å². The highest BCUT2D eigenvalue weighted by atomic mass is 79.9. The molecule has 1 fully saturated rings. The summed E-state index contributed by atoms with van der Waals surface area (Å²) in [6.07, 6.45) is 1.63. The zero-order valence-electron chi connectivity index (χ0n) is 12.4. The van der Waals surface area contributed by atoms with Crippen LogP contribution in [0, 0.1) is 12.8 Å². The largest absolute Gasteiger partial charge is 0.466 e. The van der Waals surface area contributed by atoms with Crippen molar-refractivity contribution in [1.29, 1.82) is 0 Å². The van der Waals surface area contributed by atoms with Gasteiger partial charge in [0.1, 0.15) is 0 Å². The molecule has 0 bridgehead atoms. The summed E-state index contributed by atoms with van der Waals surface area (Å²) in [5.41, 5.74) is 1.63. The first-order valence-electron chi connectivity index (χ1n) is 7.25. The second kappa shape index (κ2) is 7.07. The summed E-state index contributed by atoms with van der Waals surface area (Å²) in [5, 5.41) is 0. The first-order valence-corrected chi connectivity index (χ1v) is 8.04. The zero-order chi connectivity index (χ0) is 15.4. The van der Waals surface area contributed by atoms with Crippen molar-refractivity contribution in [3.05, 3.63) is 33.8 Å². The van der Waals surface area contributed by atoms with Crippen molar-refractivity contribution in [3.63, 3.8) is 0 Å². The highest BCUT2D eigenvalue weighted by Crippen LogP contribution is 2.23. The monoisotopic (exact) mass is 353 g/mol. The first-order chi connectivity index (χ1) is 10.0. The maximum absolute atomic E-state index is 12.7. The van der Waals surface area contributed by atoms with E-state index in [1.165, 1.54) is 0 Å². The topological polar surface area (TPSA) is 46.6 Å². The van der Waals surface area contributed by atoms with Gasteiger partial charge in [-0.25, -0.2) is 0 Å². The van der Waals surface area contributed by atoms with Gasteiger partial charge in [-0.3, -0.25) is 9.59 Å². The van der Waals surface area contributed by atoms with Crippen molar-refractivity contribution >= 4 is 27.8 Å². The normalized spacial score (nSPS) is 18.4. The third kappa shape index (κ3) is 3.84. The average molecular weight is 354 g/mol. The fourth-order valence-electron chi connectivity index (χ4n) is 2.61. The lowest BCUT2D eigenvalue weighted by Gasteiger charge is -2.32. The molecule has 0 saturated carbocycles. The van der Waals surface area contributed by atoms with Gasteiger partial charge in [0.05, 0.1) is 12.5 Å². The van der Waals surface area contributed by atoms with E-state index in [1.807, 2.05) is 25.1 Å². The van der Waals surface area contributed by atoms with Gasteiger partial charge in [-0.15, -0.1) is 0 Å². The minimum atomic E-state index is -0.199. The van der Waals surface area contributed by atoms with Gasteiger partial charge < -0.3 is 9.64 Å². The fourth-order valence-corrected chi connectivity index (χ4v) is 2.97. The SMILES string of the molecule is CCOC(=O)[C@@H]1CCCN(C(=O)c2cc(Br)ccc2C)C1. The molecule has 1 heterocycles. The van der Waals surface area contributed by atoms with Crippen LogP contribution in [0.5, 0.6) is 0 Å². The van der Waals surface area contributed by atoms with E-state index in [9.17, 15) is 9.59 Å². The van der Waals surface area contributed by atoms with Crippen molar-refractivity contribution in [2.45, 2.75) is 26.7 Å². The number of nitrogens with zero attached hydrogens (tertiary/aromatic N) is 1. The Bertz CT molecular complexity index is 544. The Labute approximate surface area is 133 Å². The Morgan fingerprint density at radius 1 is 1.43 bits per heavy atom. The van der Waals surface area contributed by atoms with Crippen molar-refractivity contribution in [2.75, 3.05) is 19.7 Å². The second-order valence-electron chi connectivity index (χ2n) is 5.30. The lowest BCUT2D eigenvalue weighted by atomic mass is 9.97. The standard InChI is InChI=1S/C16H20BrNO3/c1-3-21-16(20)12-5-4-8-18(10-12)15(19)14-9-13(17)7-6-11(14)2/h6-7,9,12H,3-5,8,10H2,1-2H3/t12-/m1/s1. The minimum absolute atomic E-state index is 0.0113. The van der Waals surface area contributed by atoms with Crippen molar-refractivity contribution in [3.8, 4) is 0 Å². The van der Waals surface area contributed by atoms with E-state index in [0.717, 1.165) is 22.9 Å². The van der Waals surface area contributed by atoms with E-state index in [1.54, 1.807) is 11.8 Å². The maximum Gasteiger partial charge on any atom is 0.310 e. The molecule has 1 amide bonds. The number of likely N-dealkylation sites (tertiary alicyclic amines) is 1. The molecule has 0 aromatic heterocycles. The van der Waals surface area contributed by atoms with Crippen LogP contribution in [-0.2, 0) is 9.53 Å². The molecule has 2 rings (SSSR count). The van der Waals surface area contributed by atoms with Gasteiger partial charge in [-0.05, 0) is 44.4 Å². The molecule has 1 atom stereocenters. The number of hydrogen-bond donors (Lipinski definition) is 0. The Morgan fingerprint density at radius 2 is 2.19 bits per heavy atom. The van der Waals surface area contributed by atoms with E-state index in [-0.39, 0.29) is 17.8 Å². The number of esters is 1. The van der Waals surface area contributed by atoms with Gasteiger partial charge in [0, 0.05) is 23.1 Å². The third-order valence-electron chi connectivity index (χ3n) is 3.76. The molecule has 1 aromatic carbocycles. The molecule has 0 aliphatic carbocycles.